The third-order valence-electron chi connectivity index (χ3n) is 7.34. The standard InChI is InChI=1S/C33H34N4O4/c1-2-3-13-37-28(27(20-34)35-33(37)26-7-5-4-6-8-26)23-36(21-24-9-11-29-31(18-24)40-16-14-38-29)22-25-10-12-30-32(19-25)41-17-15-39-30/h4-12,18-19H,2-3,13-17,21-23H2,1H3. The first-order valence-corrected chi connectivity index (χ1v) is 14.3. The average Bonchev–Trinajstić information content (AvgIpc) is 3.37. The molecule has 8 nitrogen and oxygen atoms in total. The fourth-order valence-corrected chi connectivity index (χ4v) is 5.37. The lowest BCUT2D eigenvalue weighted by Gasteiger charge is -2.26. The van der Waals surface area contributed by atoms with Gasteiger partial charge < -0.3 is 23.5 Å². The maximum atomic E-state index is 10.2. The van der Waals surface area contributed by atoms with Crippen molar-refractivity contribution in [1.29, 1.82) is 5.26 Å². The number of nitrogens with zero attached hydrogens (tertiary/aromatic N) is 4. The summed E-state index contributed by atoms with van der Waals surface area (Å²) in [6, 6.07) is 24.7. The average molecular weight is 551 g/mol. The lowest BCUT2D eigenvalue weighted by atomic mass is 10.1. The third kappa shape index (κ3) is 6.01. The Morgan fingerprint density at radius 3 is 1.93 bits per heavy atom. The van der Waals surface area contributed by atoms with E-state index in [1.807, 2.05) is 30.3 Å². The lowest BCUT2D eigenvalue weighted by Crippen LogP contribution is -2.25. The Morgan fingerprint density at radius 2 is 1.37 bits per heavy atom. The second-order valence-electron chi connectivity index (χ2n) is 10.3. The van der Waals surface area contributed by atoms with Crippen molar-refractivity contribution < 1.29 is 18.9 Å². The van der Waals surface area contributed by atoms with Gasteiger partial charge in [-0.2, -0.15) is 5.26 Å². The summed E-state index contributed by atoms with van der Waals surface area (Å²) in [5, 5.41) is 10.2. The molecule has 3 aromatic carbocycles. The molecule has 0 saturated heterocycles. The number of nitriles is 1. The van der Waals surface area contributed by atoms with E-state index in [1.165, 1.54) is 0 Å². The zero-order valence-corrected chi connectivity index (χ0v) is 23.3. The molecule has 2 aliphatic heterocycles. The number of fused-ring (bicyclic) bond motifs is 2. The van der Waals surface area contributed by atoms with Crippen LogP contribution in [0.4, 0.5) is 0 Å². The van der Waals surface area contributed by atoms with E-state index in [-0.39, 0.29) is 0 Å². The van der Waals surface area contributed by atoms with Gasteiger partial charge in [-0.05, 0) is 41.8 Å². The minimum atomic E-state index is 0.467. The Bertz CT molecular complexity index is 1480. The van der Waals surface area contributed by atoms with Gasteiger partial charge in [-0.1, -0.05) is 55.8 Å². The van der Waals surface area contributed by atoms with Crippen LogP contribution in [0.5, 0.6) is 23.0 Å². The van der Waals surface area contributed by atoms with Crippen molar-refractivity contribution in [2.24, 2.45) is 0 Å². The molecular formula is C33H34N4O4. The van der Waals surface area contributed by atoms with Gasteiger partial charge in [0, 0.05) is 31.7 Å². The number of hydrogen-bond donors (Lipinski definition) is 0. The SMILES string of the molecule is CCCCn1c(-c2ccccc2)nc(C#N)c1CN(Cc1ccc2c(c1)OCCO2)Cc1ccc2c(c1)OCCO2. The minimum absolute atomic E-state index is 0.467. The number of hydrogen-bond acceptors (Lipinski definition) is 7. The van der Waals surface area contributed by atoms with Crippen LogP contribution in [0.25, 0.3) is 11.4 Å². The zero-order chi connectivity index (χ0) is 28.0. The monoisotopic (exact) mass is 550 g/mol. The Balaban J connectivity index is 1.36. The van der Waals surface area contributed by atoms with Gasteiger partial charge in [0.05, 0.1) is 5.69 Å². The van der Waals surface area contributed by atoms with Gasteiger partial charge in [0.25, 0.3) is 0 Å². The molecule has 6 rings (SSSR count). The second-order valence-corrected chi connectivity index (χ2v) is 10.3. The minimum Gasteiger partial charge on any atom is -0.486 e. The smallest absolute Gasteiger partial charge is 0.163 e. The highest BCUT2D eigenvalue weighted by Gasteiger charge is 2.22. The summed E-state index contributed by atoms with van der Waals surface area (Å²) in [6.45, 7) is 7.03. The fourth-order valence-electron chi connectivity index (χ4n) is 5.37. The molecule has 3 heterocycles. The molecule has 8 heteroatoms. The Hall–Kier alpha value is -4.48. The zero-order valence-electron chi connectivity index (χ0n) is 23.3. The van der Waals surface area contributed by atoms with Crippen molar-refractivity contribution in [3.63, 3.8) is 0 Å². The number of imidazole rings is 1. The lowest BCUT2D eigenvalue weighted by molar-refractivity contribution is 0.170. The van der Waals surface area contributed by atoms with Crippen LogP contribution >= 0.6 is 0 Å². The van der Waals surface area contributed by atoms with Crippen molar-refractivity contribution in [3.05, 3.63) is 89.2 Å². The first-order chi connectivity index (χ1) is 20.2. The van der Waals surface area contributed by atoms with E-state index in [0.29, 0.717) is 51.8 Å². The topological polar surface area (TPSA) is 81.8 Å². The first-order valence-electron chi connectivity index (χ1n) is 14.3. The van der Waals surface area contributed by atoms with Crippen LogP contribution < -0.4 is 18.9 Å². The van der Waals surface area contributed by atoms with Gasteiger partial charge in [0.2, 0.25) is 0 Å². The molecule has 0 aliphatic carbocycles. The molecule has 1 aromatic heterocycles. The van der Waals surface area contributed by atoms with E-state index in [0.717, 1.165) is 70.6 Å². The molecule has 0 radical (unpaired) electrons. The maximum absolute atomic E-state index is 10.2. The highest BCUT2D eigenvalue weighted by Crippen LogP contribution is 2.34. The molecule has 2 aliphatic rings. The van der Waals surface area contributed by atoms with Gasteiger partial charge in [0.15, 0.2) is 28.7 Å². The summed E-state index contributed by atoms with van der Waals surface area (Å²) in [6.07, 6.45) is 2.05. The fraction of sp³-hybridized carbons (Fsp3) is 0.333. The normalized spacial score (nSPS) is 13.7. The van der Waals surface area contributed by atoms with Crippen molar-refractivity contribution in [2.45, 2.75) is 45.9 Å². The molecule has 4 aromatic rings. The predicted octanol–water partition coefficient (Wildman–Crippen LogP) is 5.97. The van der Waals surface area contributed by atoms with Crippen LogP contribution in [0.3, 0.4) is 0 Å². The number of aromatic nitrogens is 2. The summed E-state index contributed by atoms with van der Waals surface area (Å²) in [5.74, 6) is 3.92. The predicted molar refractivity (Wildman–Crippen MR) is 155 cm³/mol. The Kier molecular flexibility index (Phi) is 8.06. The molecule has 0 N–H and O–H groups in total. The van der Waals surface area contributed by atoms with E-state index >= 15 is 0 Å². The molecule has 0 fully saturated rings. The molecule has 0 amide bonds. The summed E-state index contributed by atoms with van der Waals surface area (Å²) < 4.78 is 25.5. The van der Waals surface area contributed by atoms with E-state index in [1.54, 1.807) is 0 Å². The van der Waals surface area contributed by atoms with E-state index < -0.39 is 0 Å². The van der Waals surface area contributed by atoms with E-state index in [9.17, 15) is 5.26 Å². The Labute approximate surface area is 240 Å². The van der Waals surface area contributed by atoms with Gasteiger partial charge >= 0.3 is 0 Å². The highest BCUT2D eigenvalue weighted by atomic mass is 16.6. The number of rotatable bonds is 10. The molecule has 0 bridgehead atoms. The molecule has 0 saturated carbocycles. The Morgan fingerprint density at radius 1 is 0.780 bits per heavy atom. The maximum Gasteiger partial charge on any atom is 0.163 e. The van der Waals surface area contributed by atoms with E-state index in [2.05, 4.69) is 58.9 Å². The van der Waals surface area contributed by atoms with Crippen molar-refractivity contribution >= 4 is 0 Å². The molecule has 41 heavy (non-hydrogen) atoms. The molecule has 0 unspecified atom stereocenters. The third-order valence-corrected chi connectivity index (χ3v) is 7.34. The quantitative estimate of drug-likeness (QED) is 0.241. The molecular weight excluding hydrogens is 516 g/mol. The van der Waals surface area contributed by atoms with Crippen LogP contribution in [-0.4, -0.2) is 40.9 Å². The van der Waals surface area contributed by atoms with Crippen molar-refractivity contribution in [1.82, 2.24) is 14.5 Å². The number of benzene rings is 3. The number of unbranched alkanes of at least 4 members (excludes halogenated alkanes) is 1. The summed E-state index contributed by atoms with van der Waals surface area (Å²) in [5.41, 5.74) is 4.61. The largest absolute Gasteiger partial charge is 0.486 e. The second kappa shape index (κ2) is 12.4. The van der Waals surface area contributed by atoms with Crippen LogP contribution in [0.2, 0.25) is 0 Å². The molecule has 0 atom stereocenters. The molecule has 0 spiro atoms. The van der Waals surface area contributed by atoms with Crippen LogP contribution in [0.1, 0.15) is 42.3 Å². The first kappa shape index (κ1) is 26.7. The van der Waals surface area contributed by atoms with Crippen molar-refractivity contribution in [3.8, 4) is 40.5 Å². The molecule has 210 valence electrons. The van der Waals surface area contributed by atoms with Crippen LogP contribution in [0.15, 0.2) is 66.7 Å². The number of ether oxygens (including phenoxy) is 4. The van der Waals surface area contributed by atoms with Gasteiger partial charge in [0.1, 0.15) is 38.3 Å². The van der Waals surface area contributed by atoms with Crippen LogP contribution in [0, 0.1) is 11.3 Å². The van der Waals surface area contributed by atoms with Gasteiger partial charge in [-0.25, -0.2) is 4.98 Å². The van der Waals surface area contributed by atoms with E-state index in [4.69, 9.17) is 23.9 Å². The summed E-state index contributed by atoms with van der Waals surface area (Å²) in [7, 11) is 0. The van der Waals surface area contributed by atoms with Crippen LogP contribution in [-0.2, 0) is 26.2 Å². The summed E-state index contributed by atoms with van der Waals surface area (Å²) in [4.78, 5) is 7.18. The van der Waals surface area contributed by atoms with Gasteiger partial charge in [-0.3, -0.25) is 4.90 Å². The van der Waals surface area contributed by atoms with Gasteiger partial charge in [-0.15, -0.1) is 0 Å². The highest BCUT2D eigenvalue weighted by molar-refractivity contribution is 5.58. The summed E-state index contributed by atoms with van der Waals surface area (Å²) >= 11 is 0. The van der Waals surface area contributed by atoms with Crippen molar-refractivity contribution in [2.75, 3.05) is 26.4 Å².